The van der Waals surface area contributed by atoms with Gasteiger partial charge in [-0.15, -0.1) is 11.3 Å². The van der Waals surface area contributed by atoms with Gasteiger partial charge in [-0.2, -0.15) is 0 Å². The van der Waals surface area contributed by atoms with E-state index in [-0.39, 0.29) is 11.6 Å². The van der Waals surface area contributed by atoms with Crippen LogP contribution in [0.25, 0.3) is 0 Å². The molecule has 0 spiro atoms. The van der Waals surface area contributed by atoms with E-state index in [1.54, 1.807) is 26.1 Å². The summed E-state index contributed by atoms with van der Waals surface area (Å²) in [6, 6.07) is 3.67. The fraction of sp³-hybridized carbons (Fsp3) is 0.235. The Bertz CT molecular complexity index is 865. The third kappa shape index (κ3) is 3.43. The van der Waals surface area contributed by atoms with Crippen LogP contribution in [0.2, 0.25) is 5.02 Å². The lowest BCUT2D eigenvalue weighted by molar-refractivity contribution is -0.138. The van der Waals surface area contributed by atoms with E-state index in [9.17, 15) is 9.18 Å². The van der Waals surface area contributed by atoms with Crippen molar-refractivity contribution < 1.29 is 13.9 Å². The number of aliphatic imine (C=N–C) groups is 1. The highest BCUT2D eigenvalue weighted by atomic mass is 35.5. The van der Waals surface area contributed by atoms with Crippen LogP contribution in [0.4, 0.5) is 4.39 Å². The van der Waals surface area contributed by atoms with Crippen LogP contribution in [0, 0.1) is 5.82 Å². The molecule has 1 aromatic heterocycles. The number of ether oxygens (including phenoxy) is 1. The van der Waals surface area contributed by atoms with E-state index in [0.717, 1.165) is 0 Å². The second kappa shape index (κ2) is 7.33. The monoisotopic (exact) mass is 379 g/mol. The summed E-state index contributed by atoms with van der Waals surface area (Å²) in [5.41, 5.74) is 1.28. The summed E-state index contributed by atoms with van der Waals surface area (Å²) in [4.78, 5) is 21.2. The maximum absolute atomic E-state index is 13.9. The number of hydrogen-bond donors (Lipinski definition) is 1. The molecule has 0 saturated heterocycles. The number of rotatable bonds is 4. The van der Waals surface area contributed by atoms with Crippen LogP contribution in [0.5, 0.6) is 0 Å². The Balaban J connectivity index is 2.13. The van der Waals surface area contributed by atoms with E-state index in [1.807, 2.05) is 5.38 Å². The van der Waals surface area contributed by atoms with Gasteiger partial charge in [-0.1, -0.05) is 23.7 Å². The molecule has 0 aliphatic carbocycles. The summed E-state index contributed by atoms with van der Waals surface area (Å²) in [7, 11) is 0. The predicted molar refractivity (Wildman–Crippen MR) is 95.3 cm³/mol. The maximum atomic E-state index is 13.9. The number of carbonyl (C=O) groups is 1. The van der Waals surface area contributed by atoms with Crippen molar-refractivity contribution >= 4 is 34.7 Å². The smallest absolute Gasteiger partial charge is 0.338 e. The van der Waals surface area contributed by atoms with Gasteiger partial charge < -0.3 is 10.1 Å². The Morgan fingerprint density at radius 3 is 2.96 bits per heavy atom. The molecule has 0 bridgehead atoms. The number of allylic oxidation sites excluding steroid dienone is 1. The Hall–Kier alpha value is -2.25. The minimum Gasteiger partial charge on any atom is -0.463 e. The Morgan fingerprint density at radius 2 is 2.28 bits per heavy atom. The molecule has 8 heteroatoms. The largest absolute Gasteiger partial charge is 0.463 e. The van der Waals surface area contributed by atoms with Gasteiger partial charge in [0.15, 0.2) is 10.8 Å². The first kappa shape index (κ1) is 17.6. The Morgan fingerprint density at radius 1 is 1.48 bits per heavy atom. The topological polar surface area (TPSA) is 63.6 Å². The average Bonchev–Trinajstić information content (AvgIpc) is 3.11. The number of nitrogens with zero attached hydrogens (tertiary/aromatic N) is 2. The first-order valence-electron chi connectivity index (χ1n) is 7.59. The van der Waals surface area contributed by atoms with Crippen LogP contribution in [-0.4, -0.2) is 23.4 Å². The number of amidine groups is 1. The molecule has 1 unspecified atom stereocenters. The number of halogens is 2. The van der Waals surface area contributed by atoms with Crippen molar-refractivity contribution in [2.24, 2.45) is 4.99 Å². The molecule has 130 valence electrons. The molecule has 0 amide bonds. The van der Waals surface area contributed by atoms with Crippen molar-refractivity contribution in [1.29, 1.82) is 0 Å². The standard InChI is InChI=1S/C17H15ClFN3O2S/c1-3-24-17(23)12-9(2)21-15(16-20-7-8-25-16)22-14(12)10-5-4-6-11(19)13(10)18/h4-8,14H,3H2,1-2H3,(H,21,22). The zero-order valence-electron chi connectivity index (χ0n) is 13.5. The van der Waals surface area contributed by atoms with Crippen LogP contribution >= 0.6 is 22.9 Å². The molecule has 5 nitrogen and oxygen atoms in total. The second-order valence-electron chi connectivity index (χ2n) is 5.24. The van der Waals surface area contributed by atoms with Crippen LogP contribution in [-0.2, 0) is 9.53 Å². The van der Waals surface area contributed by atoms with Gasteiger partial charge in [-0.3, -0.25) is 4.99 Å². The predicted octanol–water partition coefficient (Wildman–Crippen LogP) is 3.86. The van der Waals surface area contributed by atoms with Gasteiger partial charge in [0.2, 0.25) is 0 Å². The fourth-order valence-electron chi connectivity index (χ4n) is 2.56. The highest BCUT2D eigenvalue weighted by Gasteiger charge is 2.32. The number of benzene rings is 1. The number of nitrogens with one attached hydrogen (secondary N) is 1. The van der Waals surface area contributed by atoms with E-state index in [0.29, 0.717) is 27.7 Å². The average molecular weight is 380 g/mol. The van der Waals surface area contributed by atoms with Crippen molar-refractivity contribution in [2.75, 3.05) is 6.61 Å². The minimum absolute atomic E-state index is 0.0637. The molecule has 1 atom stereocenters. The molecular weight excluding hydrogens is 365 g/mol. The van der Waals surface area contributed by atoms with Crippen LogP contribution < -0.4 is 5.32 Å². The van der Waals surface area contributed by atoms with Gasteiger partial charge in [0, 0.05) is 22.8 Å². The third-order valence-electron chi connectivity index (χ3n) is 3.65. The SMILES string of the molecule is CCOC(=O)C1=C(C)NC(c2nccs2)=NC1c1cccc(F)c1Cl. The van der Waals surface area contributed by atoms with Crippen molar-refractivity contribution in [3.63, 3.8) is 0 Å². The molecule has 2 heterocycles. The number of carbonyl (C=O) groups excluding carboxylic acids is 1. The molecule has 0 fully saturated rings. The zero-order valence-corrected chi connectivity index (χ0v) is 15.1. The van der Waals surface area contributed by atoms with Gasteiger partial charge in [-0.25, -0.2) is 14.2 Å². The van der Waals surface area contributed by atoms with Crippen LogP contribution in [0.15, 0.2) is 46.0 Å². The quantitative estimate of drug-likeness (QED) is 0.819. The number of thiazole rings is 1. The van der Waals surface area contributed by atoms with E-state index in [1.165, 1.54) is 23.5 Å². The lowest BCUT2D eigenvalue weighted by Gasteiger charge is -2.26. The normalized spacial score (nSPS) is 17.1. The van der Waals surface area contributed by atoms with Gasteiger partial charge in [0.25, 0.3) is 0 Å². The summed E-state index contributed by atoms with van der Waals surface area (Å²) in [5.74, 6) is -0.574. The molecule has 0 saturated carbocycles. The van der Waals surface area contributed by atoms with Gasteiger partial charge >= 0.3 is 5.97 Å². The molecule has 3 rings (SSSR count). The lowest BCUT2D eigenvalue weighted by atomic mass is 9.96. The van der Waals surface area contributed by atoms with Gasteiger partial charge in [0.05, 0.1) is 17.2 Å². The fourth-order valence-corrected chi connectivity index (χ4v) is 3.37. The zero-order chi connectivity index (χ0) is 18.0. The van der Waals surface area contributed by atoms with E-state index < -0.39 is 17.8 Å². The van der Waals surface area contributed by atoms with Crippen molar-refractivity contribution in [2.45, 2.75) is 19.9 Å². The molecular formula is C17H15ClFN3O2S. The van der Waals surface area contributed by atoms with Crippen LogP contribution in [0.3, 0.4) is 0 Å². The molecule has 0 radical (unpaired) electrons. The van der Waals surface area contributed by atoms with Gasteiger partial charge in [-0.05, 0) is 19.9 Å². The third-order valence-corrected chi connectivity index (χ3v) is 4.83. The maximum Gasteiger partial charge on any atom is 0.338 e. The van der Waals surface area contributed by atoms with Crippen molar-refractivity contribution in [3.05, 3.63) is 62.5 Å². The van der Waals surface area contributed by atoms with Gasteiger partial charge in [0.1, 0.15) is 11.9 Å². The number of hydrogen-bond acceptors (Lipinski definition) is 6. The van der Waals surface area contributed by atoms with E-state index >= 15 is 0 Å². The Kier molecular flexibility index (Phi) is 5.15. The molecule has 25 heavy (non-hydrogen) atoms. The van der Waals surface area contributed by atoms with Crippen molar-refractivity contribution in [1.82, 2.24) is 10.3 Å². The minimum atomic E-state index is -0.776. The highest BCUT2D eigenvalue weighted by Crippen LogP contribution is 2.37. The number of esters is 1. The molecule has 1 aliphatic rings. The molecule has 1 N–H and O–H groups in total. The second-order valence-corrected chi connectivity index (χ2v) is 6.52. The summed E-state index contributed by atoms with van der Waals surface area (Å²) in [6.45, 7) is 3.69. The van der Waals surface area contributed by atoms with Crippen LogP contribution in [0.1, 0.15) is 30.5 Å². The molecule has 1 aliphatic heterocycles. The summed E-state index contributed by atoms with van der Waals surface area (Å²) in [6.07, 6.45) is 1.66. The molecule has 2 aromatic rings. The van der Waals surface area contributed by atoms with E-state index in [2.05, 4.69) is 15.3 Å². The summed E-state index contributed by atoms with van der Waals surface area (Å²) in [5, 5.41) is 5.51. The first-order chi connectivity index (χ1) is 12.0. The first-order valence-corrected chi connectivity index (χ1v) is 8.85. The summed E-state index contributed by atoms with van der Waals surface area (Å²) >= 11 is 7.55. The number of aromatic nitrogens is 1. The van der Waals surface area contributed by atoms with E-state index in [4.69, 9.17) is 16.3 Å². The highest BCUT2D eigenvalue weighted by molar-refractivity contribution is 7.11. The lowest BCUT2D eigenvalue weighted by Crippen LogP contribution is -2.32. The van der Waals surface area contributed by atoms with Crippen molar-refractivity contribution in [3.8, 4) is 0 Å². The molecule has 1 aromatic carbocycles. The summed E-state index contributed by atoms with van der Waals surface area (Å²) < 4.78 is 19.1. The Labute approximate surface area is 153 Å².